The third kappa shape index (κ3) is 2.31. The summed E-state index contributed by atoms with van der Waals surface area (Å²) in [5.74, 6) is -0.664. The van der Waals surface area contributed by atoms with Crippen LogP contribution in [0, 0.1) is 6.92 Å². The average molecular weight is 254 g/mol. The molecule has 1 aromatic heterocycles. The normalized spacial score (nSPS) is 19.6. The molecule has 1 aliphatic heterocycles. The van der Waals surface area contributed by atoms with Crippen LogP contribution in [0.1, 0.15) is 39.6 Å². The van der Waals surface area contributed by atoms with Crippen LogP contribution in [0.25, 0.3) is 0 Å². The lowest BCUT2D eigenvalue weighted by molar-refractivity contribution is -0.127. The van der Waals surface area contributed by atoms with Gasteiger partial charge < -0.3 is 10.0 Å². The van der Waals surface area contributed by atoms with Crippen molar-refractivity contribution in [2.45, 2.75) is 26.2 Å². The molecule has 1 aliphatic rings. The monoisotopic (exact) mass is 254 g/mol. The van der Waals surface area contributed by atoms with Crippen LogP contribution in [0.2, 0.25) is 0 Å². The van der Waals surface area contributed by atoms with Gasteiger partial charge in [-0.05, 0) is 13.3 Å². The molecule has 1 N–H and O–H groups in total. The van der Waals surface area contributed by atoms with E-state index in [9.17, 15) is 9.59 Å². The molecule has 1 saturated heterocycles. The zero-order valence-corrected chi connectivity index (χ0v) is 10.6. The molecule has 2 heterocycles. The van der Waals surface area contributed by atoms with Crippen molar-refractivity contribution in [2.24, 2.45) is 0 Å². The first-order chi connectivity index (χ1) is 7.99. The van der Waals surface area contributed by atoms with Gasteiger partial charge in [0.05, 0.1) is 10.7 Å². The molecule has 2 rings (SSSR count). The van der Waals surface area contributed by atoms with E-state index in [0.29, 0.717) is 17.1 Å². The SMILES string of the molecule is CC(=O)N1CCC(c2nc(C)c(C(=O)O)s2)C1. The lowest BCUT2D eigenvalue weighted by Crippen LogP contribution is -2.25. The minimum absolute atomic E-state index is 0.0687. The summed E-state index contributed by atoms with van der Waals surface area (Å²) in [6, 6.07) is 0. The van der Waals surface area contributed by atoms with E-state index in [1.807, 2.05) is 0 Å². The van der Waals surface area contributed by atoms with Gasteiger partial charge in [-0.2, -0.15) is 0 Å². The molecule has 0 radical (unpaired) electrons. The maximum absolute atomic E-state index is 11.2. The van der Waals surface area contributed by atoms with E-state index in [1.165, 1.54) is 11.3 Å². The highest BCUT2D eigenvalue weighted by molar-refractivity contribution is 7.13. The minimum atomic E-state index is -0.923. The fourth-order valence-corrected chi connectivity index (χ4v) is 3.07. The molecule has 6 heteroatoms. The maximum Gasteiger partial charge on any atom is 0.347 e. The van der Waals surface area contributed by atoms with Gasteiger partial charge in [0.25, 0.3) is 0 Å². The molecule has 1 unspecified atom stereocenters. The summed E-state index contributed by atoms with van der Waals surface area (Å²) >= 11 is 1.23. The quantitative estimate of drug-likeness (QED) is 0.868. The summed E-state index contributed by atoms with van der Waals surface area (Å²) in [6.45, 7) is 4.65. The summed E-state index contributed by atoms with van der Waals surface area (Å²) in [7, 11) is 0. The Morgan fingerprint density at radius 3 is 2.71 bits per heavy atom. The van der Waals surface area contributed by atoms with Crippen molar-refractivity contribution in [3.63, 3.8) is 0 Å². The lowest BCUT2D eigenvalue weighted by Gasteiger charge is -2.12. The number of amides is 1. The molecule has 0 aliphatic carbocycles. The van der Waals surface area contributed by atoms with Gasteiger partial charge in [-0.15, -0.1) is 11.3 Å². The Balaban J connectivity index is 2.17. The molecule has 17 heavy (non-hydrogen) atoms. The number of carboxylic acid groups (broad SMARTS) is 1. The molecule has 5 nitrogen and oxygen atoms in total. The largest absolute Gasteiger partial charge is 0.477 e. The van der Waals surface area contributed by atoms with Crippen LogP contribution in [0.15, 0.2) is 0 Å². The topological polar surface area (TPSA) is 70.5 Å². The number of aryl methyl sites for hydroxylation is 1. The Kier molecular flexibility index (Phi) is 3.15. The molecule has 92 valence electrons. The Bertz CT molecular complexity index is 469. The van der Waals surface area contributed by atoms with Gasteiger partial charge in [0.1, 0.15) is 4.88 Å². The van der Waals surface area contributed by atoms with Gasteiger partial charge in [-0.3, -0.25) is 4.79 Å². The van der Waals surface area contributed by atoms with E-state index in [1.54, 1.807) is 18.7 Å². The lowest BCUT2D eigenvalue weighted by atomic mass is 10.1. The van der Waals surface area contributed by atoms with Crippen LogP contribution >= 0.6 is 11.3 Å². The number of nitrogens with zero attached hydrogens (tertiary/aromatic N) is 2. The third-order valence-electron chi connectivity index (χ3n) is 2.99. The highest BCUT2D eigenvalue weighted by atomic mass is 32.1. The van der Waals surface area contributed by atoms with E-state index in [4.69, 9.17) is 5.11 Å². The van der Waals surface area contributed by atoms with Gasteiger partial charge in [0.2, 0.25) is 5.91 Å². The van der Waals surface area contributed by atoms with Crippen LogP contribution in [-0.2, 0) is 4.79 Å². The van der Waals surface area contributed by atoms with Gasteiger partial charge in [0.15, 0.2) is 0 Å². The molecule has 1 atom stereocenters. The first kappa shape index (κ1) is 12.0. The van der Waals surface area contributed by atoms with Gasteiger partial charge in [-0.25, -0.2) is 9.78 Å². The van der Waals surface area contributed by atoms with Crippen LogP contribution in [-0.4, -0.2) is 40.0 Å². The highest BCUT2D eigenvalue weighted by Gasteiger charge is 2.29. The number of hydrogen-bond acceptors (Lipinski definition) is 4. The van der Waals surface area contributed by atoms with Crippen molar-refractivity contribution in [1.82, 2.24) is 9.88 Å². The number of aromatic nitrogens is 1. The second kappa shape index (κ2) is 4.44. The summed E-state index contributed by atoms with van der Waals surface area (Å²) in [6.07, 6.45) is 0.867. The van der Waals surface area contributed by atoms with Gasteiger partial charge in [0, 0.05) is 25.9 Å². The van der Waals surface area contributed by atoms with Gasteiger partial charge >= 0.3 is 5.97 Å². The second-order valence-electron chi connectivity index (χ2n) is 4.22. The first-order valence-electron chi connectivity index (χ1n) is 5.45. The van der Waals surface area contributed by atoms with E-state index < -0.39 is 5.97 Å². The number of thiazole rings is 1. The third-order valence-corrected chi connectivity index (χ3v) is 4.30. The van der Waals surface area contributed by atoms with Crippen LogP contribution in [0.4, 0.5) is 0 Å². The summed E-state index contributed by atoms with van der Waals surface area (Å²) in [5, 5.41) is 9.80. The van der Waals surface area contributed by atoms with Crippen LogP contribution in [0.3, 0.4) is 0 Å². The van der Waals surface area contributed by atoms with Gasteiger partial charge in [-0.1, -0.05) is 0 Å². The fraction of sp³-hybridized carbons (Fsp3) is 0.545. The van der Waals surface area contributed by atoms with E-state index in [-0.39, 0.29) is 11.8 Å². The molecule has 0 aromatic carbocycles. The van der Waals surface area contributed by atoms with E-state index in [2.05, 4.69) is 4.98 Å². The summed E-state index contributed by atoms with van der Waals surface area (Å²) < 4.78 is 0. The molecule has 1 aromatic rings. The van der Waals surface area contributed by atoms with Crippen LogP contribution in [0.5, 0.6) is 0 Å². The molecular weight excluding hydrogens is 240 g/mol. The highest BCUT2D eigenvalue weighted by Crippen LogP contribution is 2.31. The molecule has 1 fully saturated rings. The Labute approximate surface area is 103 Å². The second-order valence-corrected chi connectivity index (χ2v) is 5.25. The number of rotatable bonds is 2. The predicted octanol–water partition coefficient (Wildman–Crippen LogP) is 1.49. The number of hydrogen-bond donors (Lipinski definition) is 1. The summed E-state index contributed by atoms with van der Waals surface area (Å²) in [4.78, 5) is 28.5. The molecule has 1 amide bonds. The molecule has 0 spiro atoms. The Morgan fingerprint density at radius 1 is 1.53 bits per heavy atom. The summed E-state index contributed by atoms with van der Waals surface area (Å²) in [5.41, 5.74) is 0.568. The van der Waals surface area contributed by atoms with Crippen LogP contribution < -0.4 is 0 Å². The van der Waals surface area contributed by atoms with Crippen molar-refractivity contribution in [3.8, 4) is 0 Å². The van der Waals surface area contributed by atoms with Crippen molar-refractivity contribution < 1.29 is 14.7 Å². The predicted molar refractivity (Wildman–Crippen MR) is 63.4 cm³/mol. The maximum atomic E-state index is 11.2. The smallest absolute Gasteiger partial charge is 0.347 e. The standard InChI is InChI=1S/C11H14N2O3S/c1-6-9(11(15)16)17-10(12-6)8-3-4-13(5-8)7(2)14/h8H,3-5H2,1-2H3,(H,15,16). The number of carbonyl (C=O) groups is 2. The molecule has 0 saturated carbocycles. The van der Waals surface area contributed by atoms with E-state index >= 15 is 0 Å². The fourth-order valence-electron chi connectivity index (χ4n) is 2.04. The van der Waals surface area contributed by atoms with Crippen molar-refractivity contribution >= 4 is 23.2 Å². The number of likely N-dealkylation sites (tertiary alicyclic amines) is 1. The number of carbonyl (C=O) groups excluding carboxylic acids is 1. The number of carboxylic acids is 1. The van der Waals surface area contributed by atoms with Crippen molar-refractivity contribution in [3.05, 3.63) is 15.6 Å². The van der Waals surface area contributed by atoms with Crippen molar-refractivity contribution in [1.29, 1.82) is 0 Å². The van der Waals surface area contributed by atoms with Crippen molar-refractivity contribution in [2.75, 3.05) is 13.1 Å². The Hall–Kier alpha value is -1.43. The Morgan fingerprint density at radius 2 is 2.24 bits per heavy atom. The zero-order chi connectivity index (χ0) is 12.6. The number of aromatic carboxylic acids is 1. The molecular formula is C11H14N2O3S. The zero-order valence-electron chi connectivity index (χ0n) is 9.77. The minimum Gasteiger partial charge on any atom is -0.477 e. The average Bonchev–Trinajstić information content (AvgIpc) is 2.82. The molecule has 0 bridgehead atoms. The van der Waals surface area contributed by atoms with E-state index in [0.717, 1.165) is 18.0 Å². The first-order valence-corrected chi connectivity index (χ1v) is 6.27.